The Labute approximate surface area is 217 Å². The van der Waals surface area contributed by atoms with Gasteiger partial charge in [0.2, 0.25) is 0 Å². The van der Waals surface area contributed by atoms with Crippen molar-refractivity contribution in [1.29, 1.82) is 0 Å². The number of hydrogen-bond donors (Lipinski definition) is 1. The molecular formula is C28H37NO4S2. The van der Waals surface area contributed by atoms with Crippen LogP contribution in [0.2, 0.25) is 0 Å². The van der Waals surface area contributed by atoms with Crippen LogP contribution in [0.5, 0.6) is 0 Å². The largest absolute Gasteiger partial charge is 0.444 e. The summed E-state index contributed by atoms with van der Waals surface area (Å²) in [6.45, 7) is 7.48. The van der Waals surface area contributed by atoms with Crippen LogP contribution in [-0.4, -0.2) is 34.8 Å². The van der Waals surface area contributed by atoms with Crippen molar-refractivity contribution in [3.63, 3.8) is 0 Å². The van der Waals surface area contributed by atoms with E-state index in [9.17, 15) is 14.4 Å². The van der Waals surface area contributed by atoms with Crippen LogP contribution in [0.15, 0.2) is 48.5 Å². The van der Waals surface area contributed by atoms with Crippen LogP contribution >= 0.6 is 21.6 Å². The van der Waals surface area contributed by atoms with Crippen LogP contribution in [0.4, 0.5) is 10.5 Å². The number of amides is 1. The lowest BCUT2D eigenvalue weighted by atomic mass is 10.0. The first-order chi connectivity index (χ1) is 16.6. The van der Waals surface area contributed by atoms with E-state index < -0.39 is 11.7 Å². The summed E-state index contributed by atoms with van der Waals surface area (Å²) in [5.74, 6) is 2.33. The van der Waals surface area contributed by atoms with Gasteiger partial charge in [-0.15, -0.1) is 0 Å². The van der Waals surface area contributed by atoms with Gasteiger partial charge in [-0.3, -0.25) is 14.9 Å². The van der Waals surface area contributed by atoms with Gasteiger partial charge in [-0.25, -0.2) is 4.79 Å². The van der Waals surface area contributed by atoms with Crippen molar-refractivity contribution in [2.75, 3.05) is 16.8 Å². The lowest BCUT2D eigenvalue weighted by Crippen LogP contribution is -2.27. The van der Waals surface area contributed by atoms with Crippen molar-refractivity contribution in [2.24, 2.45) is 0 Å². The number of rotatable bonds is 14. The molecule has 0 aromatic heterocycles. The highest BCUT2D eigenvalue weighted by atomic mass is 33.1. The summed E-state index contributed by atoms with van der Waals surface area (Å²) in [5, 5.41) is 2.71. The topological polar surface area (TPSA) is 72.5 Å². The number of benzene rings is 2. The van der Waals surface area contributed by atoms with Gasteiger partial charge in [0.25, 0.3) is 0 Å². The van der Waals surface area contributed by atoms with E-state index in [1.807, 2.05) is 64.1 Å². The molecule has 0 fully saturated rings. The number of hydrogen-bond acceptors (Lipinski definition) is 6. The molecule has 0 spiro atoms. The van der Waals surface area contributed by atoms with Gasteiger partial charge >= 0.3 is 6.09 Å². The van der Waals surface area contributed by atoms with Crippen LogP contribution in [0.3, 0.4) is 0 Å². The number of Topliss-reactive ketones (excluding diaryl/α,β-unsaturated/α-hetero) is 2. The van der Waals surface area contributed by atoms with Gasteiger partial charge in [0.15, 0.2) is 0 Å². The van der Waals surface area contributed by atoms with E-state index in [1.54, 1.807) is 27.7 Å². The number of ether oxygens (including phenoxy) is 1. The summed E-state index contributed by atoms with van der Waals surface area (Å²) in [4.78, 5) is 36.4. The molecule has 5 nitrogen and oxygen atoms in total. The molecule has 0 saturated heterocycles. The molecule has 0 atom stereocenters. The van der Waals surface area contributed by atoms with Crippen molar-refractivity contribution in [1.82, 2.24) is 0 Å². The Kier molecular flexibility index (Phi) is 12.4. The minimum Gasteiger partial charge on any atom is -0.444 e. The number of carbonyl (C=O) groups excluding carboxylic acids is 3. The maximum atomic E-state index is 12.3. The van der Waals surface area contributed by atoms with Gasteiger partial charge in [-0.05, 0) is 63.8 Å². The number of carbonyl (C=O) groups is 3. The van der Waals surface area contributed by atoms with Gasteiger partial charge in [-0.1, -0.05) is 63.5 Å². The van der Waals surface area contributed by atoms with Crippen LogP contribution in [-0.2, 0) is 27.2 Å². The summed E-state index contributed by atoms with van der Waals surface area (Å²) >= 11 is 0. The Morgan fingerprint density at radius 3 is 1.91 bits per heavy atom. The van der Waals surface area contributed by atoms with Gasteiger partial charge in [0.05, 0.1) is 0 Å². The van der Waals surface area contributed by atoms with Crippen LogP contribution in [0, 0.1) is 6.92 Å². The fourth-order valence-electron chi connectivity index (χ4n) is 3.41. The molecule has 2 aromatic rings. The standard InChI is InChI=1S/C28H37NO4S2/c1-21-9-5-10-22(17-21)19-25(30)13-7-15-34-35-16-8-14-26(31)20-23-11-6-12-24(18-23)29-27(32)33-28(2,3)4/h5-6,9-12,17-18H,7-8,13-16,19-20H2,1-4H3,(H,29,32). The number of anilines is 1. The average Bonchev–Trinajstić information content (AvgIpc) is 2.74. The normalized spacial score (nSPS) is 11.2. The van der Waals surface area contributed by atoms with E-state index in [2.05, 4.69) is 11.4 Å². The molecule has 0 aliphatic carbocycles. The molecule has 0 aliphatic rings. The number of nitrogens with one attached hydrogen (secondary N) is 1. The molecule has 0 heterocycles. The predicted molar refractivity (Wildman–Crippen MR) is 148 cm³/mol. The quantitative estimate of drug-likeness (QED) is 0.212. The van der Waals surface area contributed by atoms with Crippen molar-refractivity contribution >= 4 is 44.9 Å². The Balaban J connectivity index is 1.55. The van der Waals surface area contributed by atoms with E-state index >= 15 is 0 Å². The average molecular weight is 516 g/mol. The van der Waals surface area contributed by atoms with E-state index in [0.29, 0.717) is 31.4 Å². The third-order valence-electron chi connectivity index (χ3n) is 4.91. The van der Waals surface area contributed by atoms with E-state index in [0.717, 1.165) is 35.5 Å². The van der Waals surface area contributed by atoms with Gasteiger partial charge in [-0.2, -0.15) is 0 Å². The van der Waals surface area contributed by atoms with Gasteiger partial charge in [0.1, 0.15) is 17.2 Å². The second kappa shape index (κ2) is 15.0. The summed E-state index contributed by atoms with van der Waals surface area (Å²) < 4.78 is 5.26. The Morgan fingerprint density at radius 1 is 0.829 bits per heavy atom. The highest BCUT2D eigenvalue weighted by molar-refractivity contribution is 8.76. The molecule has 0 aliphatic heterocycles. The summed E-state index contributed by atoms with van der Waals surface area (Å²) in [6.07, 6.45) is 3.22. The number of aryl methyl sites for hydroxylation is 1. The third kappa shape index (κ3) is 13.4. The first-order valence-corrected chi connectivity index (χ1v) is 14.5. The molecule has 1 amide bonds. The highest BCUT2D eigenvalue weighted by Crippen LogP contribution is 2.24. The van der Waals surface area contributed by atoms with Crippen molar-refractivity contribution in [2.45, 2.75) is 71.8 Å². The minimum absolute atomic E-state index is 0.187. The first kappa shape index (κ1) is 29.0. The second-order valence-corrected chi connectivity index (χ2v) is 12.3. The van der Waals surface area contributed by atoms with Crippen molar-refractivity contribution < 1.29 is 19.1 Å². The zero-order chi connectivity index (χ0) is 25.7. The molecule has 1 N–H and O–H groups in total. The predicted octanol–water partition coefficient (Wildman–Crippen LogP) is 7.21. The highest BCUT2D eigenvalue weighted by Gasteiger charge is 2.16. The lowest BCUT2D eigenvalue weighted by Gasteiger charge is -2.19. The molecule has 2 rings (SSSR count). The molecule has 0 unspecified atom stereocenters. The minimum atomic E-state index is -0.562. The Bertz CT molecular complexity index is 985. The summed E-state index contributed by atoms with van der Waals surface area (Å²) in [6, 6.07) is 15.4. The monoisotopic (exact) mass is 515 g/mol. The molecule has 0 bridgehead atoms. The van der Waals surface area contributed by atoms with Gasteiger partial charge in [0, 0.05) is 42.9 Å². The van der Waals surface area contributed by atoms with E-state index in [-0.39, 0.29) is 11.6 Å². The maximum absolute atomic E-state index is 12.3. The summed E-state index contributed by atoms with van der Waals surface area (Å²) in [5.41, 5.74) is 3.21. The van der Waals surface area contributed by atoms with Crippen molar-refractivity contribution in [3.8, 4) is 0 Å². The third-order valence-corrected chi connectivity index (χ3v) is 7.48. The van der Waals surface area contributed by atoms with Crippen LogP contribution in [0.25, 0.3) is 0 Å². The Morgan fingerprint density at radius 2 is 1.37 bits per heavy atom. The van der Waals surface area contributed by atoms with Crippen LogP contribution < -0.4 is 5.32 Å². The fourth-order valence-corrected chi connectivity index (χ4v) is 5.58. The van der Waals surface area contributed by atoms with E-state index in [4.69, 9.17) is 4.74 Å². The van der Waals surface area contributed by atoms with Gasteiger partial charge < -0.3 is 4.74 Å². The Hall–Kier alpha value is -2.25. The molecule has 7 heteroatoms. The molecule has 0 saturated carbocycles. The fraction of sp³-hybridized carbons (Fsp3) is 0.464. The van der Waals surface area contributed by atoms with Crippen LogP contribution in [0.1, 0.15) is 63.1 Å². The van der Waals surface area contributed by atoms with Crippen molar-refractivity contribution in [3.05, 3.63) is 65.2 Å². The molecular weight excluding hydrogens is 478 g/mol. The maximum Gasteiger partial charge on any atom is 0.412 e. The smallest absolute Gasteiger partial charge is 0.412 e. The molecule has 2 aromatic carbocycles. The SMILES string of the molecule is Cc1cccc(CC(=O)CCCSSCCCC(=O)Cc2cccc(NC(=O)OC(C)(C)C)c2)c1. The second-order valence-electron chi connectivity index (χ2n) is 9.60. The number of ketones is 2. The zero-order valence-corrected chi connectivity index (χ0v) is 22.9. The molecule has 35 heavy (non-hydrogen) atoms. The lowest BCUT2D eigenvalue weighted by molar-refractivity contribution is -0.119. The first-order valence-electron chi connectivity index (χ1n) is 12.0. The zero-order valence-electron chi connectivity index (χ0n) is 21.2. The van der Waals surface area contributed by atoms with E-state index in [1.165, 1.54) is 5.56 Å². The molecule has 0 radical (unpaired) electrons. The summed E-state index contributed by atoms with van der Waals surface area (Å²) in [7, 11) is 3.54. The molecule has 190 valence electrons.